The highest BCUT2D eigenvalue weighted by Crippen LogP contribution is 2.31. The minimum atomic E-state index is -0.847. The van der Waals surface area contributed by atoms with E-state index in [0.29, 0.717) is 35.5 Å². The van der Waals surface area contributed by atoms with Gasteiger partial charge >= 0.3 is 6.09 Å². The van der Waals surface area contributed by atoms with Gasteiger partial charge < -0.3 is 14.7 Å². The number of aliphatic hydroxyl groups excluding tert-OH is 1. The lowest BCUT2D eigenvalue weighted by molar-refractivity contribution is 0.0226. The van der Waals surface area contributed by atoms with Gasteiger partial charge in [-0.3, -0.25) is 0 Å². The van der Waals surface area contributed by atoms with Crippen molar-refractivity contribution >= 4 is 6.09 Å². The number of amides is 1. The number of nitrogens with one attached hydrogen (secondary N) is 1. The second kappa shape index (κ2) is 7.87. The molecule has 28 heavy (non-hydrogen) atoms. The van der Waals surface area contributed by atoms with Crippen molar-refractivity contribution < 1.29 is 19.0 Å². The standard InChI is InChI=1S/C20H27FN4O3/c1-12(26)16-10-13(21)7-8-15(16)18-17(22-24-23-18)11-14-6-5-9-25(14)19(27)28-20(2,3)4/h7-8,10,12,14,26H,5-6,9,11H2,1-4H3,(H,22,23,24)/t12-,14?/m1/s1. The highest BCUT2D eigenvalue weighted by atomic mass is 19.1. The van der Waals surface area contributed by atoms with Gasteiger partial charge in [-0.2, -0.15) is 15.4 Å². The zero-order valence-electron chi connectivity index (χ0n) is 16.7. The average molecular weight is 390 g/mol. The van der Waals surface area contributed by atoms with Gasteiger partial charge in [-0.05, 0) is 64.3 Å². The van der Waals surface area contributed by atoms with Gasteiger partial charge in [0, 0.05) is 24.6 Å². The number of ether oxygens (including phenoxy) is 1. The van der Waals surface area contributed by atoms with Gasteiger partial charge in [0.05, 0.1) is 11.8 Å². The number of H-pyrrole nitrogens is 1. The predicted octanol–water partition coefficient (Wildman–Crippen LogP) is 3.61. The molecule has 1 aliphatic rings. The molecule has 2 N–H and O–H groups in total. The Kier molecular flexibility index (Phi) is 5.69. The predicted molar refractivity (Wildman–Crippen MR) is 102 cm³/mol. The van der Waals surface area contributed by atoms with E-state index < -0.39 is 17.5 Å². The Morgan fingerprint density at radius 3 is 2.86 bits per heavy atom. The number of halogens is 1. The van der Waals surface area contributed by atoms with Crippen molar-refractivity contribution in [2.45, 2.75) is 64.7 Å². The molecule has 1 saturated heterocycles. The molecule has 0 spiro atoms. The molecule has 1 aromatic carbocycles. The van der Waals surface area contributed by atoms with E-state index in [4.69, 9.17) is 4.74 Å². The number of hydrogen-bond donors (Lipinski definition) is 2. The van der Waals surface area contributed by atoms with Crippen LogP contribution in [0.5, 0.6) is 0 Å². The molecule has 0 saturated carbocycles. The number of aromatic nitrogens is 3. The molecule has 1 amide bonds. The summed E-state index contributed by atoms with van der Waals surface area (Å²) < 4.78 is 19.2. The number of likely N-dealkylation sites (tertiary alicyclic amines) is 1. The van der Waals surface area contributed by atoms with Crippen LogP contribution >= 0.6 is 0 Å². The maximum absolute atomic E-state index is 13.6. The highest BCUT2D eigenvalue weighted by Gasteiger charge is 2.33. The fourth-order valence-corrected chi connectivity index (χ4v) is 3.54. The first-order valence-corrected chi connectivity index (χ1v) is 9.53. The van der Waals surface area contributed by atoms with Gasteiger partial charge in [0.1, 0.15) is 17.1 Å². The van der Waals surface area contributed by atoms with E-state index >= 15 is 0 Å². The SMILES string of the molecule is C[C@@H](O)c1cc(F)ccc1-c1n[nH]nc1CC1CCCN1C(=O)OC(C)(C)C. The molecule has 1 aliphatic heterocycles. The number of benzene rings is 1. The van der Waals surface area contributed by atoms with Crippen LogP contribution in [-0.4, -0.2) is 49.7 Å². The van der Waals surface area contributed by atoms with Crippen LogP contribution in [-0.2, 0) is 11.2 Å². The number of carbonyl (C=O) groups is 1. The third-order valence-corrected chi connectivity index (χ3v) is 4.77. The molecule has 3 rings (SSSR count). The van der Waals surface area contributed by atoms with Crippen molar-refractivity contribution in [3.05, 3.63) is 35.3 Å². The molecular weight excluding hydrogens is 363 g/mol. The van der Waals surface area contributed by atoms with Crippen LogP contribution in [0.3, 0.4) is 0 Å². The molecule has 0 aliphatic carbocycles. The molecule has 0 bridgehead atoms. The summed E-state index contributed by atoms with van der Waals surface area (Å²) in [7, 11) is 0. The van der Waals surface area contributed by atoms with E-state index in [0.717, 1.165) is 12.8 Å². The van der Waals surface area contributed by atoms with Gasteiger partial charge in [-0.1, -0.05) is 0 Å². The Morgan fingerprint density at radius 1 is 1.43 bits per heavy atom. The number of hydrogen-bond acceptors (Lipinski definition) is 5. The molecular formula is C20H27FN4O3. The lowest BCUT2D eigenvalue weighted by Crippen LogP contribution is -2.40. The van der Waals surface area contributed by atoms with Crippen LogP contribution in [0.4, 0.5) is 9.18 Å². The smallest absolute Gasteiger partial charge is 0.410 e. The minimum absolute atomic E-state index is 0.0471. The van der Waals surface area contributed by atoms with Gasteiger partial charge in [-0.15, -0.1) is 0 Å². The Hall–Kier alpha value is -2.48. The number of rotatable bonds is 4. The lowest BCUT2D eigenvalue weighted by atomic mass is 9.97. The van der Waals surface area contributed by atoms with E-state index in [1.807, 2.05) is 20.8 Å². The summed E-state index contributed by atoms with van der Waals surface area (Å²) in [5.41, 5.74) is 1.76. The van der Waals surface area contributed by atoms with Crippen LogP contribution in [0.25, 0.3) is 11.3 Å². The summed E-state index contributed by atoms with van der Waals surface area (Å²) in [6.07, 6.45) is 1.07. The third kappa shape index (κ3) is 4.49. The van der Waals surface area contributed by atoms with Crippen molar-refractivity contribution in [3.8, 4) is 11.3 Å². The van der Waals surface area contributed by atoms with Crippen molar-refractivity contribution in [2.24, 2.45) is 0 Å². The summed E-state index contributed by atoms with van der Waals surface area (Å²) in [5.74, 6) is -0.420. The molecule has 2 aromatic rings. The van der Waals surface area contributed by atoms with Crippen molar-refractivity contribution in [3.63, 3.8) is 0 Å². The Labute approximate surface area is 163 Å². The zero-order chi connectivity index (χ0) is 20.5. The van der Waals surface area contributed by atoms with Crippen LogP contribution < -0.4 is 0 Å². The molecule has 1 unspecified atom stereocenters. The average Bonchev–Trinajstić information content (AvgIpc) is 3.23. The monoisotopic (exact) mass is 390 g/mol. The fourth-order valence-electron chi connectivity index (χ4n) is 3.54. The Morgan fingerprint density at radius 2 is 2.18 bits per heavy atom. The van der Waals surface area contributed by atoms with Crippen LogP contribution in [0.15, 0.2) is 18.2 Å². The van der Waals surface area contributed by atoms with Crippen molar-refractivity contribution in [2.75, 3.05) is 6.54 Å². The lowest BCUT2D eigenvalue weighted by Gasteiger charge is -2.28. The van der Waals surface area contributed by atoms with Gasteiger partial charge in [0.25, 0.3) is 0 Å². The summed E-state index contributed by atoms with van der Waals surface area (Å²) in [4.78, 5) is 14.3. The first-order valence-electron chi connectivity index (χ1n) is 9.53. The quantitative estimate of drug-likeness (QED) is 0.832. The van der Waals surface area contributed by atoms with E-state index in [1.54, 1.807) is 17.9 Å². The third-order valence-electron chi connectivity index (χ3n) is 4.77. The van der Waals surface area contributed by atoms with Crippen LogP contribution in [0.1, 0.15) is 57.9 Å². The van der Waals surface area contributed by atoms with Crippen LogP contribution in [0, 0.1) is 5.82 Å². The van der Waals surface area contributed by atoms with E-state index in [1.165, 1.54) is 12.1 Å². The van der Waals surface area contributed by atoms with Gasteiger partial charge in [0.2, 0.25) is 0 Å². The molecule has 152 valence electrons. The Bertz CT molecular complexity index is 844. The molecule has 1 fully saturated rings. The number of aromatic amines is 1. The highest BCUT2D eigenvalue weighted by molar-refractivity contribution is 5.69. The second-order valence-corrected chi connectivity index (χ2v) is 8.20. The second-order valence-electron chi connectivity index (χ2n) is 8.20. The maximum atomic E-state index is 13.6. The largest absolute Gasteiger partial charge is 0.444 e. The number of carbonyl (C=O) groups excluding carboxylic acids is 1. The molecule has 0 radical (unpaired) electrons. The van der Waals surface area contributed by atoms with Crippen LogP contribution in [0.2, 0.25) is 0 Å². The van der Waals surface area contributed by atoms with E-state index in [-0.39, 0.29) is 12.1 Å². The fraction of sp³-hybridized carbons (Fsp3) is 0.550. The first kappa shape index (κ1) is 20.3. The summed E-state index contributed by atoms with van der Waals surface area (Å²) >= 11 is 0. The molecule has 8 heteroatoms. The molecule has 1 aromatic heterocycles. The molecule has 2 atom stereocenters. The van der Waals surface area contributed by atoms with Gasteiger partial charge in [0.15, 0.2) is 0 Å². The summed E-state index contributed by atoms with van der Waals surface area (Å²) in [6, 6.07) is 4.19. The van der Waals surface area contributed by atoms with Gasteiger partial charge in [-0.25, -0.2) is 9.18 Å². The molecule has 7 nitrogen and oxygen atoms in total. The number of nitrogens with zero attached hydrogens (tertiary/aromatic N) is 3. The maximum Gasteiger partial charge on any atom is 0.410 e. The minimum Gasteiger partial charge on any atom is -0.444 e. The van der Waals surface area contributed by atoms with E-state index in [2.05, 4.69) is 15.4 Å². The first-order chi connectivity index (χ1) is 13.2. The Balaban J connectivity index is 1.84. The molecule has 2 heterocycles. The van der Waals surface area contributed by atoms with Crippen molar-refractivity contribution in [1.29, 1.82) is 0 Å². The zero-order valence-corrected chi connectivity index (χ0v) is 16.7. The normalized spacial score (nSPS) is 18.4. The van der Waals surface area contributed by atoms with E-state index in [9.17, 15) is 14.3 Å². The number of aliphatic hydroxyl groups is 1. The van der Waals surface area contributed by atoms with Crippen molar-refractivity contribution in [1.82, 2.24) is 20.3 Å². The summed E-state index contributed by atoms with van der Waals surface area (Å²) in [6.45, 7) is 7.76. The topological polar surface area (TPSA) is 91.3 Å². The summed E-state index contributed by atoms with van der Waals surface area (Å²) in [5, 5.41) is 21.1.